The van der Waals surface area contributed by atoms with Gasteiger partial charge in [-0.1, -0.05) is 12.1 Å². The molecule has 4 heteroatoms. The van der Waals surface area contributed by atoms with Crippen LogP contribution in [0.4, 0.5) is 0 Å². The molecule has 102 valence electrons. The van der Waals surface area contributed by atoms with Gasteiger partial charge in [0.15, 0.2) is 0 Å². The second kappa shape index (κ2) is 4.89. The minimum Gasteiger partial charge on any atom is -0.497 e. The Morgan fingerprint density at radius 1 is 0.850 bits per heavy atom. The van der Waals surface area contributed by atoms with Crippen LogP contribution in [0.15, 0.2) is 36.4 Å². The molecule has 3 rings (SSSR count). The van der Waals surface area contributed by atoms with Crippen LogP contribution >= 0.6 is 0 Å². The fourth-order valence-corrected chi connectivity index (χ4v) is 2.41. The third-order valence-electron chi connectivity index (χ3n) is 3.33. The van der Waals surface area contributed by atoms with Gasteiger partial charge in [0, 0.05) is 17.5 Å². The summed E-state index contributed by atoms with van der Waals surface area (Å²) in [7, 11) is 4.91. The predicted molar refractivity (Wildman–Crippen MR) is 78.9 cm³/mol. The molecule has 0 saturated carbocycles. The summed E-state index contributed by atoms with van der Waals surface area (Å²) in [6.07, 6.45) is 0. The molecule has 0 radical (unpaired) electrons. The molecule has 0 spiro atoms. The van der Waals surface area contributed by atoms with Crippen molar-refractivity contribution in [3.05, 3.63) is 36.4 Å². The van der Waals surface area contributed by atoms with Crippen molar-refractivity contribution in [2.24, 2.45) is 0 Å². The molecule has 0 saturated heterocycles. The first-order valence-electron chi connectivity index (χ1n) is 6.27. The Morgan fingerprint density at radius 3 is 2.35 bits per heavy atom. The molecule has 0 aliphatic heterocycles. The second-order valence-corrected chi connectivity index (χ2v) is 4.39. The van der Waals surface area contributed by atoms with E-state index in [4.69, 9.17) is 14.2 Å². The van der Waals surface area contributed by atoms with Crippen LogP contribution in [0, 0.1) is 0 Å². The van der Waals surface area contributed by atoms with Gasteiger partial charge in [-0.05, 0) is 12.1 Å². The van der Waals surface area contributed by atoms with Gasteiger partial charge in [0.25, 0.3) is 0 Å². The molecule has 4 nitrogen and oxygen atoms in total. The monoisotopic (exact) mass is 269 g/mol. The van der Waals surface area contributed by atoms with E-state index in [1.807, 2.05) is 36.4 Å². The van der Waals surface area contributed by atoms with Crippen molar-refractivity contribution in [1.82, 2.24) is 4.98 Å². The van der Waals surface area contributed by atoms with Crippen LogP contribution in [0.25, 0.3) is 21.8 Å². The Balaban J connectivity index is 2.51. The largest absolute Gasteiger partial charge is 0.497 e. The SMILES string of the molecule is COc1cc(OC)c2c(OC)c3ccccc3nc2c1. The van der Waals surface area contributed by atoms with Gasteiger partial charge in [-0.25, -0.2) is 4.98 Å². The molecule has 2 aromatic carbocycles. The van der Waals surface area contributed by atoms with E-state index in [1.54, 1.807) is 21.3 Å². The maximum atomic E-state index is 5.60. The van der Waals surface area contributed by atoms with Crippen LogP contribution in [0.5, 0.6) is 17.2 Å². The zero-order valence-corrected chi connectivity index (χ0v) is 11.6. The predicted octanol–water partition coefficient (Wildman–Crippen LogP) is 3.41. The number of pyridine rings is 1. The lowest BCUT2D eigenvalue weighted by Gasteiger charge is -2.13. The van der Waals surface area contributed by atoms with Crippen molar-refractivity contribution >= 4 is 21.8 Å². The summed E-state index contributed by atoms with van der Waals surface area (Å²) < 4.78 is 16.3. The van der Waals surface area contributed by atoms with E-state index >= 15 is 0 Å². The molecule has 0 aliphatic carbocycles. The quantitative estimate of drug-likeness (QED) is 0.683. The average Bonchev–Trinajstić information content (AvgIpc) is 2.51. The van der Waals surface area contributed by atoms with E-state index in [2.05, 4.69) is 4.98 Å². The van der Waals surface area contributed by atoms with E-state index in [0.29, 0.717) is 11.5 Å². The lowest BCUT2D eigenvalue weighted by Crippen LogP contribution is -1.95. The fourth-order valence-electron chi connectivity index (χ4n) is 2.41. The van der Waals surface area contributed by atoms with Crippen molar-refractivity contribution in [3.8, 4) is 17.2 Å². The first-order chi connectivity index (χ1) is 9.78. The first-order valence-corrected chi connectivity index (χ1v) is 6.27. The van der Waals surface area contributed by atoms with Crippen LogP contribution in [0.1, 0.15) is 0 Å². The highest BCUT2D eigenvalue weighted by Crippen LogP contribution is 2.40. The van der Waals surface area contributed by atoms with Crippen molar-refractivity contribution in [2.75, 3.05) is 21.3 Å². The van der Waals surface area contributed by atoms with E-state index < -0.39 is 0 Å². The highest BCUT2D eigenvalue weighted by Gasteiger charge is 2.15. The number of nitrogens with zero attached hydrogens (tertiary/aromatic N) is 1. The number of fused-ring (bicyclic) bond motifs is 2. The molecule has 3 aromatic rings. The van der Waals surface area contributed by atoms with Gasteiger partial charge < -0.3 is 14.2 Å². The van der Waals surface area contributed by atoms with Crippen molar-refractivity contribution < 1.29 is 14.2 Å². The number of para-hydroxylation sites is 1. The number of benzene rings is 2. The van der Waals surface area contributed by atoms with Crippen LogP contribution in [-0.4, -0.2) is 26.3 Å². The zero-order chi connectivity index (χ0) is 14.1. The topological polar surface area (TPSA) is 40.6 Å². The number of methoxy groups -OCH3 is 3. The summed E-state index contributed by atoms with van der Waals surface area (Å²) in [4.78, 5) is 4.66. The van der Waals surface area contributed by atoms with E-state index in [1.165, 1.54) is 0 Å². The molecule has 0 bridgehead atoms. The second-order valence-electron chi connectivity index (χ2n) is 4.39. The molecule has 0 unspecified atom stereocenters. The summed E-state index contributed by atoms with van der Waals surface area (Å²) in [6, 6.07) is 11.6. The maximum Gasteiger partial charge on any atom is 0.141 e. The van der Waals surface area contributed by atoms with Gasteiger partial charge in [0.05, 0.1) is 37.7 Å². The fraction of sp³-hybridized carbons (Fsp3) is 0.188. The van der Waals surface area contributed by atoms with Crippen molar-refractivity contribution in [3.63, 3.8) is 0 Å². The molecule has 0 atom stereocenters. The summed E-state index contributed by atoms with van der Waals surface area (Å²) in [5.74, 6) is 2.17. The van der Waals surface area contributed by atoms with Crippen LogP contribution in [0.2, 0.25) is 0 Å². The molecule has 1 aromatic heterocycles. The summed E-state index contributed by atoms with van der Waals surface area (Å²) in [5.41, 5.74) is 1.67. The molecule has 20 heavy (non-hydrogen) atoms. The summed E-state index contributed by atoms with van der Waals surface area (Å²) in [6.45, 7) is 0. The van der Waals surface area contributed by atoms with Crippen LogP contribution in [0.3, 0.4) is 0 Å². The van der Waals surface area contributed by atoms with Gasteiger partial charge >= 0.3 is 0 Å². The van der Waals surface area contributed by atoms with E-state index in [9.17, 15) is 0 Å². The normalized spacial score (nSPS) is 10.8. The van der Waals surface area contributed by atoms with Crippen LogP contribution < -0.4 is 14.2 Å². The minimum absolute atomic E-state index is 0.689. The van der Waals surface area contributed by atoms with E-state index in [-0.39, 0.29) is 0 Å². The standard InChI is InChI=1S/C16H15NO3/c1-18-10-8-13-15(14(9-10)19-2)16(20-3)11-6-4-5-7-12(11)17-13/h4-9H,1-3H3. The maximum absolute atomic E-state index is 5.60. The first kappa shape index (κ1) is 12.5. The number of ether oxygens (including phenoxy) is 3. The molecule has 0 amide bonds. The van der Waals surface area contributed by atoms with Crippen molar-refractivity contribution in [2.45, 2.75) is 0 Å². The highest BCUT2D eigenvalue weighted by molar-refractivity contribution is 6.04. The number of aromatic nitrogens is 1. The third kappa shape index (κ3) is 1.81. The van der Waals surface area contributed by atoms with E-state index in [0.717, 1.165) is 27.6 Å². The zero-order valence-electron chi connectivity index (χ0n) is 11.6. The van der Waals surface area contributed by atoms with Gasteiger partial charge in [-0.3, -0.25) is 0 Å². The Hall–Kier alpha value is -2.49. The summed E-state index contributed by atoms with van der Waals surface area (Å²) in [5, 5.41) is 1.82. The van der Waals surface area contributed by atoms with Crippen molar-refractivity contribution in [1.29, 1.82) is 0 Å². The third-order valence-corrected chi connectivity index (χ3v) is 3.33. The lowest BCUT2D eigenvalue weighted by molar-refractivity contribution is 0.393. The average molecular weight is 269 g/mol. The smallest absolute Gasteiger partial charge is 0.141 e. The molecule has 0 fully saturated rings. The number of hydrogen-bond donors (Lipinski definition) is 0. The van der Waals surface area contributed by atoms with Crippen LogP contribution in [-0.2, 0) is 0 Å². The van der Waals surface area contributed by atoms with Gasteiger partial charge in [-0.15, -0.1) is 0 Å². The highest BCUT2D eigenvalue weighted by atomic mass is 16.5. The minimum atomic E-state index is 0.689. The Labute approximate surface area is 116 Å². The Morgan fingerprint density at radius 2 is 1.65 bits per heavy atom. The Kier molecular flexibility index (Phi) is 3.06. The van der Waals surface area contributed by atoms with Gasteiger partial charge in [0.2, 0.25) is 0 Å². The molecule has 1 heterocycles. The van der Waals surface area contributed by atoms with Gasteiger partial charge in [0.1, 0.15) is 17.2 Å². The molecular formula is C16H15NO3. The number of rotatable bonds is 3. The number of hydrogen-bond acceptors (Lipinski definition) is 4. The Bertz CT molecular complexity index is 783. The molecule has 0 N–H and O–H groups in total. The van der Waals surface area contributed by atoms with Gasteiger partial charge in [-0.2, -0.15) is 0 Å². The molecule has 0 aliphatic rings. The lowest BCUT2D eigenvalue weighted by atomic mass is 10.1. The molecular weight excluding hydrogens is 254 g/mol. The summed E-state index contributed by atoms with van der Waals surface area (Å²) >= 11 is 0.